The summed E-state index contributed by atoms with van der Waals surface area (Å²) in [4.78, 5) is 23.7. The van der Waals surface area contributed by atoms with Gasteiger partial charge in [0.2, 0.25) is 10.0 Å². The Hall–Kier alpha value is -1.93. The number of sulfonamides is 1. The maximum absolute atomic E-state index is 12.2. The molecule has 0 heterocycles. The summed E-state index contributed by atoms with van der Waals surface area (Å²) in [6.45, 7) is 5.06. The second-order valence-corrected chi connectivity index (χ2v) is 7.79. The van der Waals surface area contributed by atoms with Crippen molar-refractivity contribution in [3.05, 3.63) is 23.8 Å². The van der Waals surface area contributed by atoms with Crippen LogP contribution in [0.1, 0.15) is 32.3 Å². The summed E-state index contributed by atoms with van der Waals surface area (Å²) in [7, 11) is -0.735. The Labute approximate surface area is 143 Å². The minimum atomic E-state index is -3.60. The van der Waals surface area contributed by atoms with E-state index in [4.69, 9.17) is 4.74 Å². The summed E-state index contributed by atoms with van der Waals surface area (Å²) in [5, 5.41) is 2.61. The lowest BCUT2D eigenvalue weighted by atomic mass is 10.2. The van der Waals surface area contributed by atoms with Crippen molar-refractivity contribution in [3.8, 4) is 0 Å². The smallest absolute Gasteiger partial charge is 0.306 e. The van der Waals surface area contributed by atoms with E-state index in [0.717, 1.165) is 4.31 Å². The Balaban J connectivity index is 2.95. The highest BCUT2D eigenvalue weighted by molar-refractivity contribution is 7.89. The van der Waals surface area contributed by atoms with Crippen molar-refractivity contribution in [1.82, 2.24) is 4.31 Å². The number of nitrogens with zero attached hydrogens (tertiary/aromatic N) is 1. The Morgan fingerprint density at radius 3 is 2.46 bits per heavy atom. The molecule has 1 atom stereocenters. The molecule has 1 aromatic rings. The monoisotopic (exact) mass is 356 g/mol. The van der Waals surface area contributed by atoms with Crippen molar-refractivity contribution >= 4 is 27.6 Å². The lowest BCUT2D eigenvalue weighted by Crippen LogP contribution is -2.30. The van der Waals surface area contributed by atoms with E-state index in [-0.39, 0.29) is 11.3 Å². The first-order valence-corrected chi connectivity index (χ1v) is 9.07. The molecule has 0 radical (unpaired) electrons. The molecule has 0 saturated heterocycles. The maximum atomic E-state index is 12.2. The molecule has 8 heteroatoms. The van der Waals surface area contributed by atoms with Gasteiger partial charge in [0.15, 0.2) is 6.10 Å². The van der Waals surface area contributed by atoms with Gasteiger partial charge in [-0.05, 0) is 38.0 Å². The second kappa shape index (κ2) is 8.25. The maximum Gasteiger partial charge on any atom is 0.306 e. The molecule has 0 fully saturated rings. The van der Waals surface area contributed by atoms with Crippen LogP contribution in [0.4, 0.5) is 5.69 Å². The molecular weight excluding hydrogens is 332 g/mol. The number of hydrogen-bond acceptors (Lipinski definition) is 5. The molecule has 0 aliphatic rings. The second-order valence-electron chi connectivity index (χ2n) is 5.64. The van der Waals surface area contributed by atoms with Gasteiger partial charge in [0.25, 0.3) is 5.91 Å². The largest absolute Gasteiger partial charge is 0.453 e. The zero-order valence-electron chi connectivity index (χ0n) is 14.6. The number of nitrogens with one attached hydrogen (secondary N) is 1. The Morgan fingerprint density at radius 2 is 1.92 bits per heavy atom. The van der Waals surface area contributed by atoms with Crippen LogP contribution in [0.2, 0.25) is 0 Å². The quantitative estimate of drug-likeness (QED) is 0.754. The van der Waals surface area contributed by atoms with E-state index in [2.05, 4.69) is 5.32 Å². The summed E-state index contributed by atoms with van der Waals surface area (Å²) in [5.41, 5.74) is 1.06. The first kappa shape index (κ1) is 20.1. The number of rotatable bonds is 7. The van der Waals surface area contributed by atoms with Crippen LogP contribution < -0.4 is 5.32 Å². The molecule has 0 spiro atoms. The van der Waals surface area contributed by atoms with E-state index < -0.39 is 28.0 Å². The van der Waals surface area contributed by atoms with Crippen molar-refractivity contribution in [2.24, 2.45) is 0 Å². The molecular formula is C16H24N2O5S. The van der Waals surface area contributed by atoms with Crippen LogP contribution >= 0.6 is 0 Å². The average Bonchev–Trinajstić information content (AvgIpc) is 2.49. The average molecular weight is 356 g/mol. The van der Waals surface area contributed by atoms with Gasteiger partial charge in [-0.3, -0.25) is 9.59 Å². The van der Waals surface area contributed by atoms with Gasteiger partial charge in [0.1, 0.15) is 0 Å². The summed E-state index contributed by atoms with van der Waals surface area (Å²) < 4.78 is 30.5. The third-order valence-corrected chi connectivity index (χ3v) is 5.19. The molecule has 24 heavy (non-hydrogen) atoms. The van der Waals surface area contributed by atoms with Crippen molar-refractivity contribution in [3.63, 3.8) is 0 Å². The fraction of sp³-hybridized carbons (Fsp3) is 0.500. The molecule has 0 aliphatic carbocycles. The van der Waals surface area contributed by atoms with Gasteiger partial charge in [-0.1, -0.05) is 13.0 Å². The highest BCUT2D eigenvalue weighted by Gasteiger charge is 2.21. The number of esters is 1. The Bertz CT molecular complexity index is 713. The van der Waals surface area contributed by atoms with Gasteiger partial charge < -0.3 is 10.1 Å². The van der Waals surface area contributed by atoms with Crippen molar-refractivity contribution in [2.75, 3.05) is 19.4 Å². The summed E-state index contributed by atoms with van der Waals surface area (Å²) in [6, 6.07) is 4.48. The fourth-order valence-corrected chi connectivity index (χ4v) is 2.78. The highest BCUT2D eigenvalue weighted by atomic mass is 32.2. The van der Waals surface area contributed by atoms with Crippen LogP contribution in [0.3, 0.4) is 0 Å². The van der Waals surface area contributed by atoms with E-state index in [9.17, 15) is 18.0 Å². The SMILES string of the molecule is CCCC(=O)OC(C)C(=O)Nc1cc(S(=O)(=O)N(C)C)ccc1C. The molecule has 0 saturated carbocycles. The minimum absolute atomic E-state index is 0.0732. The summed E-state index contributed by atoms with van der Waals surface area (Å²) in [6.07, 6.45) is -0.0817. The lowest BCUT2D eigenvalue weighted by molar-refractivity contribution is -0.153. The predicted molar refractivity (Wildman–Crippen MR) is 91.1 cm³/mol. The number of benzene rings is 1. The number of hydrogen-bond donors (Lipinski definition) is 1. The molecule has 1 rings (SSSR count). The molecule has 1 N–H and O–H groups in total. The van der Waals surface area contributed by atoms with Crippen LogP contribution in [0, 0.1) is 6.92 Å². The molecule has 0 bridgehead atoms. The van der Waals surface area contributed by atoms with E-state index in [1.165, 1.54) is 33.2 Å². The van der Waals surface area contributed by atoms with Gasteiger partial charge in [0, 0.05) is 26.2 Å². The zero-order chi connectivity index (χ0) is 18.5. The van der Waals surface area contributed by atoms with Crippen LogP contribution in [0.15, 0.2) is 23.1 Å². The Kier molecular flexibility index (Phi) is 6.92. The molecule has 134 valence electrons. The summed E-state index contributed by atoms with van der Waals surface area (Å²) in [5.74, 6) is -0.956. The molecule has 0 aliphatic heterocycles. The van der Waals surface area contributed by atoms with Crippen LogP contribution in [-0.4, -0.2) is 44.8 Å². The number of carbonyl (C=O) groups excluding carboxylic acids is 2. The number of carbonyl (C=O) groups is 2. The molecule has 1 aromatic carbocycles. The van der Waals surface area contributed by atoms with Gasteiger partial charge in [0.05, 0.1) is 4.90 Å². The topological polar surface area (TPSA) is 92.8 Å². The predicted octanol–water partition coefficient (Wildman–Crippen LogP) is 1.92. The number of amides is 1. The normalized spacial score (nSPS) is 12.8. The first-order valence-electron chi connectivity index (χ1n) is 7.63. The Morgan fingerprint density at radius 1 is 1.29 bits per heavy atom. The first-order chi connectivity index (χ1) is 11.1. The standard InChI is InChI=1S/C16H24N2O5S/c1-6-7-15(19)23-12(3)16(20)17-14-10-13(9-8-11(14)2)24(21,22)18(4)5/h8-10,12H,6-7H2,1-5H3,(H,17,20). The zero-order valence-corrected chi connectivity index (χ0v) is 15.4. The summed E-state index contributed by atoms with van der Waals surface area (Å²) >= 11 is 0. The van der Waals surface area contributed by atoms with Gasteiger partial charge in [-0.15, -0.1) is 0 Å². The fourth-order valence-electron chi connectivity index (χ4n) is 1.86. The lowest BCUT2D eigenvalue weighted by Gasteiger charge is -2.16. The van der Waals surface area contributed by atoms with Gasteiger partial charge in [-0.25, -0.2) is 12.7 Å². The van der Waals surface area contributed by atoms with Gasteiger partial charge >= 0.3 is 5.97 Å². The third kappa shape index (κ3) is 5.04. The van der Waals surface area contributed by atoms with E-state index in [0.29, 0.717) is 17.7 Å². The van der Waals surface area contributed by atoms with Crippen LogP contribution in [-0.2, 0) is 24.3 Å². The van der Waals surface area contributed by atoms with Crippen molar-refractivity contribution in [2.45, 2.75) is 44.6 Å². The van der Waals surface area contributed by atoms with Gasteiger partial charge in [-0.2, -0.15) is 0 Å². The highest BCUT2D eigenvalue weighted by Crippen LogP contribution is 2.22. The number of aryl methyl sites for hydroxylation is 1. The van der Waals surface area contributed by atoms with E-state index >= 15 is 0 Å². The molecule has 7 nitrogen and oxygen atoms in total. The number of ether oxygens (including phenoxy) is 1. The van der Waals surface area contributed by atoms with E-state index in [1.807, 2.05) is 6.92 Å². The van der Waals surface area contributed by atoms with Crippen LogP contribution in [0.25, 0.3) is 0 Å². The molecule has 1 unspecified atom stereocenters. The molecule has 1 amide bonds. The minimum Gasteiger partial charge on any atom is -0.453 e. The third-order valence-electron chi connectivity index (χ3n) is 3.38. The number of anilines is 1. The van der Waals surface area contributed by atoms with Crippen LogP contribution in [0.5, 0.6) is 0 Å². The van der Waals surface area contributed by atoms with E-state index in [1.54, 1.807) is 13.0 Å². The van der Waals surface area contributed by atoms with Crippen molar-refractivity contribution in [1.29, 1.82) is 0 Å². The van der Waals surface area contributed by atoms with Crippen molar-refractivity contribution < 1.29 is 22.7 Å². The molecule has 0 aromatic heterocycles.